The standard InChI is InChI=1S/C13H16BrNO3/c1-9(13(17)18)4-3-7-15-12(16)10-5-2-6-11(14)8-10/h2,5-6,8-9H,3-4,7H2,1H3,(H,15,16)(H,17,18). The molecule has 1 rings (SSSR count). The van der Waals surface area contributed by atoms with Gasteiger partial charge >= 0.3 is 5.97 Å². The number of hydrogen-bond donors (Lipinski definition) is 2. The summed E-state index contributed by atoms with van der Waals surface area (Å²) in [7, 11) is 0. The molecule has 0 aliphatic carbocycles. The van der Waals surface area contributed by atoms with Crippen LogP contribution >= 0.6 is 15.9 Å². The van der Waals surface area contributed by atoms with Gasteiger partial charge in [-0.2, -0.15) is 0 Å². The predicted octanol–water partition coefficient (Wildman–Crippen LogP) is 2.68. The molecule has 0 radical (unpaired) electrons. The second-order valence-corrected chi connectivity index (χ2v) is 5.06. The summed E-state index contributed by atoms with van der Waals surface area (Å²) in [6.07, 6.45) is 1.22. The number of aliphatic carboxylic acids is 1. The first-order valence-corrected chi connectivity index (χ1v) is 6.56. The molecular weight excluding hydrogens is 298 g/mol. The lowest BCUT2D eigenvalue weighted by Gasteiger charge is -2.07. The van der Waals surface area contributed by atoms with Gasteiger partial charge in [-0.05, 0) is 31.0 Å². The Kier molecular flexibility index (Phi) is 5.85. The van der Waals surface area contributed by atoms with Crippen LogP contribution in [-0.2, 0) is 4.79 Å². The molecule has 0 fully saturated rings. The minimum Gasteiger partial charge on any atom is -0.481 e. The van der Waals surface area contributed by atoms with E-state index in [1.54, 1.807) is 25.1 Å². The zero-order chi connectivity index (χ0) is 13.5. The van der Waals surface area contributed by atoms with Gasteiger partial charge in [-0.25, -0.2) is 0 Å². The number of carboxylic acid groups (broad SMARTS) is 1. The van der Waals surface area contributed by atoms with Crippen LogP contribution in [0.5, 0.6) is 0 Å². The molecule has 0 aliphatic rings. The van der Waals surface area contributed by atoms with Crippen molar-refractivity contribution >= 4 is 27.8 Å². The van der Waals surface area contributed by atoms with Crippen LogP contribution in [0.25, 0.3) is 0 Å². The van der Waals surface area contributed by atoms with Crippen LogP contribution in [0, 0.1) is 5.92 Å². The van der Waals surface area contributed by atoms with Crippen molar-refractivity contribution in [1.82, 2.24) is 5.32 Å². The van der Waals surface area contributed by atoms with E-state index in [0.717, 1.165) is 4.47 Å². The second kappa shape index (κ2) is 7.16. The second-order valence-electron chi connectivity index (χ2n) is 4.15. The van der Waals surface area contributed by atoms with Crippen molar-refractivity contribution in [2.75, 3.05) is 6.54 Å². The summed E-state index contributed by atoms with van der Waals surface area (Å²) >= 11 is 3.30. The van der Waals surface area contributed by atoms with Crippen LogP contribution in [0.2, 0.25) is 0 Å². The molecule has 1 unspecified atom stereocenters. The van der Waals surface area contributed by atoms with Crippen molar-refractivity contribution in [1.29, 1.82) is 0 Å². The number of rotatable bonds is 6. The molecule has 1 aromatic rings. The maximum atomic E-state index is 11.7. The molecular formula is C13H16BrNO3. The lowest BCUT2D eigenvalue weighted by atomic mass is 10.1. The fraction of sp³-hybridized carbons (Fsp3) is 0.385. The Morgan fingerprint density at radius 2 is 2.17 bits per heavy atom. The predicted molar refractivity (Wildman–Crippen MR) is 72.5 cm³/mol. The first kappa shape index (κ1) is 14.7. The van der Waals surface area contributed by atoms with E-state index in [1.165, 1.54) is 0 Å². The fourth-order valence-corrected chi connectivity index (χ4v) is 1.86. The number of carbonyl (C=O) groups is 2. The largest absolute Gasteiger partial charge is 0.481 e. The highest BCUT2D eigenvalue weighted by molar-refractivity contribution is 9.10. The fourth-order valence-electron chi connectivity index (χ4n) is 1.47. The summed E-state index contributed by atoms with van der Waals surface area (Å²) in [5, 5.41) is 11.5. The molecule has 1 amide bonds. The van der Waals surface area contributed by atoms with Crippen molar-refractivity contribution in [3.8, 4) is 0 Å². The van der Waals surface area contributed by atoms with Gasteiger partial charge in [0, 0.05) is 16.6 Å². The Labute approximate surface area is 115 Å². The summed E-state index contributed by atoms with van der Waals surface area (Å²) in [5.41, 5.74) is 0.593. The molecule has 0 saturated heterocycles. The highest BCUT2D eigenvalue weighted by Crippen LogP contribution is 2.11. The van der Waals surface area contributed by atoms with E-state index in [2.05, 4.69) is 21.2 Å². The SMILES string of the molecule is CC(CCCNC(=O)c1cccc(Br)c1)C(=O)O. The smallest absolute Gasteiger partial charge is 0.306 e. The van der Waals surface area contributed by atoms with Crippen LogP contribution in [0.4, 0.5) is 0 Å². The normalized spacial score (nSPS) is 11.9. The summed E-state index contributed by atoms with van der Waals surface area (Å²) < 4.78 is 0.856. The average Bonchev–Trinajstić information content (AvgIpc) is 2.33. The van der Waals surface area contributed by atoms with Crippen molar-refractivity contribution in [3.63, 3.8) is 0 Å². The van der Waals surface area contributed by atoms with Gasteiger partial charge in [0.05, 0.1) is 5.92 Å². The van der Waals surface area contributed by atoms with E-state index in [-0.39, 0.29) is 11.8 Å². The number of benzene rings is 1. The average molecular weight is 314 g/mol. The van der Waals surface area contributed by atoms with Crippen molar-refractivity contribution in [3.05, 3.63) is 34.3 Å². The quantitative estimate of drug-likeness (QED) is 0.793. The Morgan fingerprint density at radius 1 is 1.44 bits per heavy atom. The topological polar surface area (TPSA) is 66.4 Å². The number of hydrogen-bond acceptors (Lipinski definition) is 2. The molecule has 5 heteroatoms. The minimum absolute atomic E-state index is 0.140. The highest BCUT2D eigenvalue weighted by atomic mass is 79.9. The van der Waals surface area contributed by atoms with Gasteiger partial charge in [-0.15, -0.1) is 0 Å². The zero-order valence-electron chi connectivity index (χ0n) is 10.1. The number of amides is 1. The van der Waals surface area contributed by atoms with Gasteiger partial charge < -0.3 is 10.4 Å². The lowest BCUT2D eigenvalue weighted by Crippen LogP contribution is -2.25. The third kappa shape index (κ3) is 4.87. The first-order valence-electron chi connectivity index (χ1n) is 5.77. The molecule has 0 aliphatic heterocycles. The number of nitrogens with one attached hydrogen (secondary N) is 1. The Hall–Kier alpha value is -1.36. The maximum Gasteiger partial charge on any atom is 0.306 e. The lowest BCUT2D eigenvalue weighted by molar-refractivity contribution is -0.141. The molecule has 0 aromatic heterocycles. The van der Waals surface area contributed by atoms with E-state index in [0.29, 0.717) is 24.9 Å². The van der Waals surface area contributed by atoms with Gasteiger partial charge in [-0.1, -0.05) is 28.9 Å². The minimum atomic E-state index is -0.798. The molecule has 4 nitrogen and oxygen atoms in total. The molecule has 0 heterocycles. The van der Waals surface area contributed by atoms with Crippen LogP contribution in [0.15, 0.2) is 28.7 Å². The summed E-state index contributed by atoms with van der Waals surface area (Å²) in [6.45, 7) is 2.15. The monoisotopic (exact) mass is 313 g/mol. The van der Waals surface area contributed by atoms with Crippen LogP contribution in [0.1, 0.15) is 30.1 Å². The van der Waals surface area contributed by atoms with E-state index in [1.807, 2.05) is 6.07 Å². The van der Waals surface area contributed by atoms with Crippen molar-refractivity contribution in [2.45, 2.75) is 19.8 Å². The first-order chi connectivity index (χ1) is 8.50. The van der Waals surface area contributed by atoms with Gasteiger partial charge in [-0.3, -0.25) is 9.59 Å². The number of carboxylic acids is 1. The third-order valence-electron chi connectivity index (χ3n) is 2.61. The third-order valence-corrected chi connectivity index (χ3v) is 3.10. The number of halogens is 1. The van der Waals surface area contributed by atoms with Crippen LogP contribution in [0.3, 0.4) is 0 Å². The van der Waals surface area contributed by atoms with Gasteiger partial charge in [0.15, 0.2) is 0 Å². The Bertz CT molecular complexity index is 434. The Morgan fingerprint density at radius 3 is 2.78 bits per heavy atom. The maximum absolute atomic E-state index is 11.7. The number of carbonyl (C=O) groups excluding carboxylic acids is 1. The molecule has 0 spiro atoms. The molecule has 1 atom stereocenters. The molecule has 18 heavy (non-hydrogen) atoms. The molecule has 1 aromatic carbocycles. The molecule has 0 bridgehead atoms. The van der Waals surface area contributed by atoms with Gasteiger partial charge in [0.25, 0.3) is 5.91 Å². The van der Waals surface area contributed by atoms with E-state index < -0.39 is 5.97 Å². The summed E-state index contributed by atoms with van der Waals surface area (Å²) in [5.74, 6) is -1.31. The molecule has 98 valence electrons. The van der Waals surface area contributed by atoms with Crippen LogP contribution in [-0.4, -0.2) is 23.5 Å². The molecule has 0 saturated carbocycles. The van der Waals surface area contributed by atoms with E-state index in [4.69, 9.17) is 5.11 Å². The zero-order valence-corrected chi connectivity index (χ0v) is 11.7. The summed E-state index contributed by atoms with van der Waals surface area (Å²) in [6, 6.07) is 7.13. The van der Waals surface area contributed by atoms with Crippen molar-refractivity contribution in [2.24, 2.45) is 5.92 Å². The Balaban J connectivity index is 2.32. The van der Waals surface area contributed by atoms with Gasteiger partial charge in [0.1, 0.15) is 0 Å². The van der Waals surface area contributed by atoms with E-state index >= 15 is 0 Å². The summed E-state index contributed by atoms with van der Waals surface area (Å²) in [4.78, 5) is 22.3. The van der Waals surface area contributed by atoms with Crippen LogP contribution < -0.4 is 5.32 Å². The van der Waals surface area contributed by atoms with Crippen molar-refractivity contribution < 1.29 is 14.7 Å². The highest BCUT2D eigenvalue weighted by Gasteiger charge is 2.10. The van der Waals surface area contributed by atoms with Gasteiger partial charge in [0.2, 0.25) is 0 Å². The van der Waals surface area contributed by atoms with E-state index in [9.17, 15) is 9.59 Å². The molecule has 2 N–H and O–H groups in total.